The van der Waals surface area contributed by atoms with Gasteiger partial charge in [0.2, 0.25) is 0 Å². The van der Waals surface area contributed by atoms with Crippen molar-refractivity contribution in [1.29, 1.82) is 0 Å². The van der Waals surface area contributed by atoms with Crippen molar-refractivity contribution >= 4 is 27.0 Å². The zero-order valence-electron chi connectivity index (χ0n) is 5.66. The number of hydrogen-bond acceptors (Lipinski definition) is 1. The van der Waals surface area contributed by atoms with Gasteiger partial charge in [0.15, 0.2) is 11.1 Å². The first-order valence-corrected chi connectivity index (χ1v) is 5.08. The highest BCUT2D eigenvalue weighted by atomic mass is 79.9. The molecule has 0 aromatic heterocycles. The van der Waals surface area contributed by atoms with Gasteiger partial charge in [-0.15, -0.1) is 0 Å². The quantitative estimate of drug-likeness (QED) is 0.797. The van der Waals surface area contributed by atoms with Gasteiger partial charge >= 0.3 is 0 Å². The van der Waals surface area contributed by atoms with Crippen molar-refractivity contribution in [2.24, 2.45) is 0 Å². The number of hydrogen-bond donors (Lipinski definition) is 1. The first-order valence-electron chi connectivity index (χ1n) is 3.01. The number of rotatable bonds is 2. The Hall–Kier alpha value is -0.190. The Labute approximate surface area is 76.0 Å². The van der Waals surface area contributed by atoms with E-state index in [0.29, 0.717) is 0 Å². The molecule has 0 radical (unpaired) electrons. The summed E-state index contributed by atoms with van der Waals surface area (Å²) in [6, 6.07) is 7.38. The van der Waals surface area contributed by atoms with Crippen LogP contribution < -0.4 is 0 Å². The van der Waals surface area contributed by atoms with Crippen LogP contribution in [0.5, 0.6) is 0 Å². The van der Waals surface area contributed by atoms with E-state index >= 15 is 0 Å². The van der Waals surface area contributed by atoms with Crippen molar-refractivity contribution in [3.8, 4) is 0 Å². The van der Waals surface area contributed by atoms with Crippen molar-refractivity contribution in [2.75, 3.05) is 0 Å². The highest BCUT2D eigenvalue weighted by Crippen LogP contribution is 2.16. The van der Waals surface area contributed by atoms with E-state index in [1.165, 1.54) is 0 Å². The molecule has 0 fully saturated rings. The molecule has 4 heteroatoms. The van der Waals surface area contributed by atoms with Crippen LogP contribution in [0.1, 0.15) is 5.56 Å². The van der Waals surface area contributed by atoms with Crippen molar-refractivity contribution in [3.63, 3.8) is 0 Å². The van der Waals surface area contributed by atoms with Gasteiger partial charge in [-0.05, 0) is 11.6 Å². The summed E-state index contributed by atoms with van der Waals surface area (Å²) in [5.41, 5.74) is 0.855. The Bertz CT molecular complexity index is 275. The van der Waals surface area contributed by atoms with E-state index in [1.807, 2.05) is 24.3 Å². The maximum atomic E-state index is 10.4. The van der Waals surface area contributed by atoms with Crippen LogP contribution in [0, 0.1) is 0 Å². The molecule has 2 nitrogen and oxygen atoms in total. The maximum absolute atomic E-state index is 10.4. The first kappa shape index (κ1) is 8.90. The van der Waals surface area contributed by atoms with E-state index in [2.05, 4.69) is 15.9 Å². The predicted octanol–water partition coefficient (Wildman–Crippen LogP) is 2.17. The SMILES string of the molecule is O=S(O)Cc1ccccc1Br. The molecule has 1 unspecified atom stereocenters. The van der Waals surface area contributed by atoms with Crippen LogP contribution in [0.4, 0.5) is 0 Å². The second-order valence-electron chi connectivity index (χ2n) is 2.06. The van der Waals surface area contributed by atoms with Gasteiger partial charge in [0.05, 0.1) is 5.75 Å². The lowest BCUT2D eigenvalue weighted by Crippen LogP contribution is -1.93. The fraction of sp³-hybridized carbons (Fsp3) is 0.143. The van der Waals surface area contributed by atoms with Gasteiger partial charge in [0.25, 0.3) is 0 Å². The molecule has 0 heterocycles. The minimum atomic E-state index is -1.76. The summed E-state index contributed by atoms with van der Waals surface area (Å²) in [5.74, 6) is 0.182. The second kappa shape index (κ2) is 3.99. The third-order valence-electron chi connectivity index (χ3n) is 1.24. The lowest BCUT2D eigenvalue weighted by molar-refractivity contribution is 0.563. The molecule has 1 N–H and O–H groups in total. The van der Waals surface area contributed by atoms with Crippen LogP contribution in [-0.2, 0) is 16.8 Å². The van der Waals surface area contributed by atoms with E-state index in [1.54, 1.807) is 0 Å². The molecule has 0 saturated carbocycles. The lowest BCUT2D eigenvalue weighted by atomic mass is 10.2. The van der Waals surface area contributed by atoms with Gasteiger partial charge in [-0.2, -0.15) is 0 Å². The third-order valence-corrected chi connectivity index (χ3v) is 2.57. The zero-order valence-corrected chi connectivity index (χ0v) is 8.06. The van der Waals surface area contributed by atoms with Crippen LogP contribution in [-0.4, -0.2) is 8.76 Å². The molecule has 0 bridgehead atoms. The topological polar surface area (TPSA) is 37.3 Å². The number of benzene rings is 1. The molecule has 0 aliphatic heterocycles. The Morgan fingerprint density at radius 3 is 2.64 bits per heavy atom. The van der Waals surface area contributed by atoms with Crippen LogP contribution in [0.25, 0.3) is 0 Å². The third kappa shape index (κ3) is 2.73. The maximum Gasteiger partial charge on any atom is 0.157 e. The van der Waals surface area contributed by atoms with Gasteiger partial charge in [-0.25, -0.2) is 4.21 Å². The lowest BCUT2D eigenvalue weighted by Gasteiger charge is -1.98. The van der Waals surface area contributed by atoms with E-state index < -0.39 is 11.1 Å². The van der Waals surface area contributed by atoms with Crippen molar-refractivity contribution < 1.29 is 8.76 Å². The van der Waals surface area contributed by atoms with Gasteiger partial charge in [-0.1, -0.05) is 34.1 Å². The molecule has 0 amide bonds. The van der Waals surface area contributed by atoms with Gasteiger partial charge in [-0.3, -0.25) is 0 Å². The fourth-order valence-electron chi connectivity index (χ4n) is 0.748. The van der Waals surface area contributed by atoms with Crippen LogP contribution in [0.2, 0.25) is 0 Å². The largest absolute Gasteiger partial charge is 0.306 e. The summed E-state index contributed by atoms with van der Waals surface area (Å²) in [6.07, 6.45) is 0. The highest BCUT2D eigenvalue weighted by Gasteiger charge is 2.00. The molecule has 0 saturated heterocycles. The normalized spacial score (nSPS) is 12.9. The summed E-state index contributed by atoms with van der Waals surface area (Å²) >= 11 is 1.52. The molecule has 0 aliphatic rings. The van der Waals surface area contributed by atoms with E-state index in [4.69, 9.17) is 4.55 Å². The summed E-state index contributed by atoms with van der Waals surface area (Å²) < 4.78 is 19.9. The predicted molar refractivity (Wildman–Crippen MR) is 48.6 cm³/mol. The number of halogens is 1. The van der Waals surface area contributed by atoms with Gasteiger partial charge < -0.3 is 4.55 Å². The highest BCUT2D eigenvalue weighted by molar-refractivity contribution is 9.10. The minimum Gasteiger partial charge on any atom is -0.306 e. The monoisotopic (exact) mass is 234 g/mol. The smallest absolute Gasteiger partial charge is 0.157 e. The molecular formula is C7H7BrO2S. The van der Waals surface area contributed by atoms with Gasteiger partial charge in [0.1, 0.15) is 0 Å². The van der Waals surface area contributed by atoms with Gasteiger partial charge in [0, 0.05) is 4.47 Å². The average molecular weight is 235 g/mol. The molecule has 60 valence electrons. The molecule has 0 aliphatic carbocycles. The Kier molecular flexibility index (Phi) is 3.23. The van der Waals surface area contributed by atoms with E-state index in [-0.39, 0.29) is 5.75 Å². The molecule has 0 spiro atoms. The van der Waals surface area contributed by atoms with Crippen molar-refractivity contribution in [1.82, 2.24) is 0 Å². The van der Waals surface area contributed by atoms with Crippen LogP contribution >= 0.6 is 15.9 Å². The Morgan fingerprint density at radius 2 is 2.09 bits per heavy atom. The second-order valence-corrected chi connectivity index (χ2v) is 3.84. The molecule has 1 aromatic rings. The zero-order chi connectivity index (χ0) is 8.27. The fourth-order valence-corrected chi connectivity index (χ4v) is 1.88. The average Bonchev–Trinajstić information content (AvgIpc) is 1.93. The molecule has 1 atom stereocenters. The van der Waals surface area contributed by atoms with Crippen molar-refractivity contribution in [3.05, 3.63) is 34.3 Å². The van der Waals surface area contributed by atoms with Crippen LogP contribution in [0.3, 0.4) is 0 Å². The van der Waals surface area contributed by atoms with E-state index in [0.717, 1.165) is 10.0 Å². The Morgan fingerprint density at radius 1 is 1.45 bits per heavy atom. The summed E-state index contributed by atoms with van der Waals surface area (Å²) in [4.78, 5) is 0. The Balaban J connectivity index is 2.86. The first-order chi connectivity index (χ1) is 5.20. The van der Waals surface area contributed by atoms with Crippen LogP contribution in [0.15, 0.2) is 28.7 Å². The molecule has 11 heavy (non-hydrogen) atoms. The summed E-state index contributed by atoms with van der Waals surface area (Å²) in [5, 5.41) is 0. The summed E-state index contributed by atoms with van der Waals surface area (Å²) in [7, 11) is 0. The molecule has 1 aromatic carbocycles. The van der Waals surface area contributed by atoms with Crippen molar-refractivity contribution in [2.45, 2.75) is 5.75 Å². The van der Waals surface area contributed by atoms with E-state index in [9.17, 15) is 4.21 Å². The standard InChI is InChI=1S/C7H7BrO2S/c8-7-4-2-1-3-6(7)5-11(9)10/h1-4H,5H2,(H,9,10). The molecule has 1 rings (SSSR count). The summed E-state index contributed by atoms with van der Waals surface area (Å²) in [6.45, 7) is 0. The minimum absolute atomic E-state index is 0.182. The molecular weight excluding hydrogens is 228 g/mol.